The highest BCUT2D eigenvalue weighted by Gasteiger charge is 2.32. The van der Waals surface area contributed by atoms with E-state index < -0.39 is 27.7 Å². The maximum absolute atomic E-state index is 12.4. The summed E-state index contributed by atoms with van der Waals surface area (Å²) < 4.78 is 59.1. The zero-order valence-electron chi connectivity index (χ0n) is 9.69. The zero-order chi connectivity index (χ0) is 14.0. The van der Waals surface area contributed by atoms with E-state index in [2.05, 4.69) is 15.3 Å². The first-order chi connectivity index (χ1) is 8.08. The molecule has 0 spiro atoms. The van der Waals surface area contributed by atoms with Crippen LogP contribution in [0.15, 0.2) is 12.3 Å². The van der Waals surface area contributed by atoms with Crippen LogP contribution in [0.3, 0.4) is 0 Å². The zero-order valence-corrected chi connectivity index (χ0v) is 10.5. The number of halogens is 3. The van der Waals surface area contributed by atoms with Crippen LogP contribution >= 0.6 is 0 Å². The number of rotatable bonds is 4. The molecule has 0 saturated heterocycles. The molecule has 5 nitrogen and oxygen atoms in total. The van der Waals surface area contributed by atoms with Crippen LogP contribution < -0.4 is 5.32 Å². The minimum Gasteiger partial charge on any atom is -0.351 e. The molecule has 1 atom stereocenters. The van der Waals surface area contributed by atoms with Gasteiger partial charge in [-0.15, -0.1) is 0 Å². The van der Waals surface area contributed by atoms with Crippen LogP contribution in [-0.2, 0) is 16.0 Å². The van der Waals surface area contributed by atoms with Gasteiger partial charge in [-0.2, -0.15) is 13.2 Å². The number of nitrogens with zero attached hydrogens (tertiary/aromatic N) is 2. The van der Waals surface area contributed by atoms with E-state index in [1.165, 1.54) is 6.92 Å². The summed E-state index contributed by atoms with van der Waals surface area (Å²) in [6.07, 6.45) is -2.55. The molecule has 18 heavy (non-hydrogen) atoms. The van der Waals surface area contributed by atoms with Crippen LogP contribution in [-0.4, -0.2) is 36.4 Å². The molecule has 1 rings (SSSR count). The molecule has 0 aliphatic rings. The first-order valence-corrected chi connectivity index (χ1v) is 6.98. The van der Waals surface area contributed by atoms with Crippen LogP contribution in [0.2, 0.25) is 0 Å². The molecule has 0 saturated carbocycles. The van der Waals surface area contributed by atoms with E-state index >= 15 is 0 Å². The summed E-state index contributed by atoms with van der Waals surface area (Å²) in [5.74, 6) is -0.465. The van der Waals surface area contributed by atoms with Crippen molar-refractivity contribution < 1.29 is 21.6 Å². The van der Waals surface area contributed by atoms with Gasteiger partial charge in [0.05, 0.1) is 5.75 Å². The molecule has 1 aromatic rings. The molecule has 0 radical (unpaired) electrons. The topological polar surface area (TPSA) is 72.0 Å². The van der Waals surface area contributed by atoms with Gasteiger partial charge in [-0.1, -0.05) is 0 Å². The lowest BCUT2D eigenvalue weighted by Gasteiger charge is -2.13. The Bertz CT molecular complexity index is 516. The maximum atomic E-state index is 12.4. The van der Waals surface area contributed by atoms with Crippen LogP contribution in [0.25, 0.3) is 0 Å². The predicted octanol–water partition coefficient (Wildman–Crippen LogP) is 1.34. The average Bonchev–Trinajstić information content (AvgIpc) is 2.13. The number of aromatic nitrogens is 2. The highest BCUT2D eigenvalue weighted by Crippen LogP contribution is 2.27. The summed E-state index contributed by atoms with van der Waals surface area (Å²) >= 11 is 0. The van der Waals surface area contributed by atoms with E-state index in [-0.39, 0.29) is 11.7 Å². The fraction of sp³-hybridized carbons (Fsp3) is 0.556. The van der Waals surface area contributed by atoms with E-state index in [1.807, 2.05) is 0 Å². The van der Waals surface area contributed by atoms with Crippen LogP contribution in [0.1, 0.15) is 12.6 Å². The molecule has 102 valence electrons. The van der Waals surface area contributed by atoms with Crippen molar-refractivity contribution in [3.8, 4) is 0 Å². The number of alkyl halides is 3. The molecule has 0 aliphatic carbocycles. The summed E-state index contributed by atoms with van der Waals surface area (Å²) in [5.41, 5.74) is -1.08. The van der Waals surface area contributed by atoms with E-state index in [0.717, 1.165) is 18.5 Å². The first kappa shape index (κ1) is 14.7. The lowest BCUT2D eigenvalue weighted by molar-refractivity contribution is -0.141. The van der Waals surface area contributed by atoms with Crippen LogP contribution in [0.5, 0.6) is 0 Å². The molecular formula is C9H12F3N3O2S. The SMILES string of the molecule is CC(CS(C)(=O)=O)Nc1nccc(C(F)(F)F)n1. The second-order valence-electron chi connectivity index (χ2n) is 3.90. The molecule has 0 fully saturated rings. The van der Waals surface area contributed by atoms with Crippen LogP contribution in [0, 0.1) is 0 Å². The molecule has 0 amide bonds. The fourth-order valence-electron chi connectivity index (χ4n) is 1.30. The Kier molecular flexibility index (Phi) is 4.15. The van der Waals surface area contributed by atoms with Crippen molar-refractivity contribution in [3.05, 3.63) is 18.0 Å². The Hall–Kier alpha value is -1.38. The summed E-state index contributed by atoms with van der Waals surface area (Å²) in [6.45, 7) is 1.52. The lowest BCUT2D eigenvalue weighted by Crippen LogP contribution is -2.26. The Balaban J connectivity index is 2.80. The number of hydrogen-bond acceptors (Lipinski definition) is 5. The van der Waals surface area contributed by atoms with E-state index in [0.29, 0.717) is 0 Å². The van der Waals surface area contributed by atoms with Gasteiger partial charge in [0.15, 0.2) is 0 Å². The summed E-state index contributed by atoms with van der Waals surface area (Å²) in [7, 11) is -3.22. The van der Waals surface area contributed by atoms with E-state index in [9.17, 15) is 21.6 Å². The van der Waals surface area contributed by atoms with Gasteiger partial charge in [0.1, 0.15) is 15.5 Å². The average molecular weight is 283 g/mol. The second kappa shape index (κ2) is 5.09. The molecule has 1 aromatic heterocycles. The van der Waals surface area contributed by atoms with Gasteiger partial charge in [-0.25, -0.2) is 18.4 Å². The van der Waals surface area contributed by atoms with Gasteiger partial charge in [-0.3, -0.25) is 0 Å². The molecular weight excluding hydrogens is 271 g/mol. The highest BCUT2D eigenvalue weighted by molar-refractivity contribution is 7.90. The second-order valence-corrected chi connectivity index (χ2v) is 6.09. The number of hydrogen-bond donors (Lipinski definition) is 1. The van der Waals surface area contributed by atoms with Crippen molar-refractivity contribution in [1.29, 1.82) is 0 Å². The van der Waals surface area contributed by atoms with E-state index in [4.69, 9.17) is 0 Å². The molecule has 1 N–H and O–H groups in total. The Morgan fingerprint density at radius 1 is 1.44 bits per heavy atom. The normalized spacial score (nSPS) is 14.3. The third-order valence-corrected chi connectivity index (χ3v) is 2.98. The Morgan fingerprint density at radius 2 is 2.06 bits per heavy atom. The van der Waals surface area contributed by atoms with Crippen molar-refractivity contribution in [3.63, 3.8) is 0 Å². The quantitative estimate of drug-likeness (QED) is 0.902. The van der Waals surface area contributed by atoms with Gasteiger partial charge in [0, 0.05) is 18.5 Å². The molecule has 0 aromatic carbocycles. The third-order valence-electron chi connectivity index (χ3n) is 1.87. The standard InChI is InChI=1S/C9H12F3N3O2S/c1-6(5-18(2,16)17)14-8-13-4-3-7(15-8)9(10,11)12/h3-4,6H,5H2,1-2H3,(H,13,14,15). The predicted molar refractivity (Wildman–Crippen MR) is 59.8 cm³/mol. The van der Waals surface area contributed by atoms with Crippen molar-refractivity contribution in [2.24, 2.45) is 0 Å². The van der Waals surface area contributed by atoms with Gasteiger partial charge >= 0.3 is 6.18 Å². The number of nitrogens with one attached hydrogen (secondary N) is 1. The minimum atomic E-state index is -4.56. The Morgan fingerprint density at radius 3 is 2.56 bits per heavy atom. The van der Waals surface area contributed by atoms with Crippen molar-refractivity contribution in [2.75, 3.05) is 17.3 Å². The molecule has 1 heterocycles. The van der Waals surface area contributed by atoms with Crippen molar-refractivity contribution in [2.45, 2.75) is 19.1 Å². The van der Waals surface area contributed by atoms with Gasteiger partial charge in [0.2, 0.25) is 5.95 Å². The monoisotopic (exact) mass is 283 g/mol. The molecule has 0 bridgehead atoms. The van der Waals surface area contributed by atoms with Gasteiger partial charge in [0.25, 0.3) is 0 Å². The number of sulfone groups is 1. The largest absolute Gasteiger partial charge is 0.433 e. The van der Waals surface area contributed by atoms with Crippen molar-refractivity contribution in [1.82, 2.24) is 9.97 Å². The molecule has 9 heteroatoms. The number of anilines is 1. The third kappa shape index (κ3) is 4.86. The summed E-state index contributed by atoms with van der Waals surface area (Å²) in [6, 6.07) is 0.162. The van der Waals surface area contributed by atoms with Crippen LogP contribution in [0.4, 0.5) is 19.1 Å². The van der Waals surface area contributed by atoms with Crippen molar-refractivity contribution >= 4 is 15.8 Å². The van der Waals surface area contributed by atoms with Gasteiger partial charge in [-0.05, 0) is 13.0 Å². The minimum absolute atomic E-state index is 0.216. The maximum Gasteiger partial charge on any atom is 0.433 e. The highest BCUT2D eigenvalue weighted by atomic mass is 32.2. The first-order valence-electron chi connectivity index (χ1n) is 4.92. The Labute approximate surface area is 102 Å². The fourth-order valence-corrected chi connectivity index (χ4v) is 2.29. The molecule has 0 aliphatic heterocycles. The molecule has 1 unspecified atom stereocenters. The summed E-state index contributed by atoms with van der Waals surface area (Å²) in [4.78, 5) is 6.88. The van der Waals surface area contributed by atoms with Gasteiger partial charge < -0.3 is 5.32 Å². The van der Waals surface area contributed by atoms with E-state index in [1.54, 1.807) is 0 Å². The smallest absolute Gasteiger partial charge is 0.351 e. The lowest BCUT2D eigenvalue weighted by atomic mass is 10.4. The summed E-state index contributed by atoms with van der Waals surface area (Å²) in [5, 5.41) is 2.51.